The highest BCUT2D eigenvalue weighted by atomic mass is 16.5. The molecule has 96 valence electrons. The second kappa shape index (κ2) is 8.23. The molecule has 2 N–H and O–H groups in total. The topological polar surface area (TPSA) is 38.5 Å². The van der Waals surface area contributed by atoms with Gasteiger partial charge in [-0.05, 0) is 37.6 Å². The molecule has 1 aromatic rings. The van der Waals surface area contributed by atoms with E-state index in [0.29, 0.717) is 0 Å². The van der Waals surface area contributed by atoms with Gasteiger partial charge >= 0.3 is 0 Å². The molecule has 0 aliphatic heterocycles. The zero-order chi connectivity index (χ0) is 12.5. The van der Waals surface area contributed by atoms with Crippen LogP contribution in [-0.2, 0) is 11.3 Å². The molecule has 0 spiro atoms. The summed E-state index contributed by atoms with van der Waals surface area (Å²) in [6.45, 7) is 6.66. The van der Waals surface area contributed by atoms with Crippen molar-refractivity contribution in [3.63, 3.8) is 0 Å². The maximum Gasteiger partial charge on any atom is 0.0589 e. The lowest BCUT2D eigenvalue weighted by atomic mass is 10.1. The molecule has 0 aliphatic rings. The third-order valence-electron chi connectivity index (χ3n) is 2.95. The Hall–Kier alpha value is -0.900. The van der Waals surface area contributed by atoms with Gasteiger partial charge in [-0.1, -0.05) is 24.3 Å². The van der Waals surface area contributed by atoms with Gasteiger partial charge in [0.05, 0.1) is 6.61 Å². The highest BCUT2D eigenvalue weighted by Gasteiger charge is 2.06. The normalized spacial score (nSPS) is 11.1. The summed E-state index contributed by atoms with van der Waals surface area (Å²) in [7, 11) is 1.74. The monoisotopic (exact) mass is 236 g/mol. The molecule has 0 aromatic heterocycles. The Morgan fingerprint density at radius 1 is 1.24 bits per heavy atom. The first kappa shape index (κ1) is 14.2. The van der Waals surface area contributed by atoms with Crippen LogP contribution in [0.25, 0.3) is 0 Å². The lowest BCUT2D eigenvalue weighted by Gasteiger charge is -2.22. The van der Waals surface area contributed by atoms with Gasteiger partial charge in [0.25, 0.3) is 0 Å². The van der Waals surface area contributed by atoms with Crippen LogP contribution in [-0.4, -0.2) is 38.3 Å². The van der Waals surface area contributed by atoms with Crippen LogP contribution in [0.2, 0.25) is 0 Å². The summed E-state index contributed by atoms with van der Waals surface area (Å²) in [5.74, 6) is 0. The van der Waals surface area contributed by atoms with Crippen LogP contribution >= 0.6 is 0 Å². The molecular formula is C14H24N2O. The molecule has 1 rings (SSSR count). The third kappa shape index (κ3) is 5.31. The van der Waals surface area contributed by atoms with Gasteiger partial charge in [0, 0.05) is 20.2 Å². The Labute approximate surface area is 105 Å². The number of nitrogens with zero attached hydrogens (tertiary/aromatic N) is 1. The van der Waals surface area contributed by atoms with E-state index in [1.54, 1.807) is 7.11 Å². The van der Waals surface area contributed by atoms with Crippen molar-refractivity contribution in [2.24, 2.45) is 5.73 Å². The fraction of sp³-hybridized carbons (Fsp3) is 0.571. The van der Waals surface area contributed by atoms with Crippen LogP contribution in [0.15, 0.2) is 24.3 Å². The maximum absolute atomic E-state index is 5.57. The Kier molecular flexibility index (Phi) is 6.86. The summed E-state index contributed by atoms with van der Waals surface area (Å²) in [5, 5.41) is 0. The largest absolute Gasteiger partial charge is 0.383 e. The predicted molar refractivity (Wildman–Crippen MR) is 72.0 cm³/mol. The van der Waals surface area contributed by atoms with Crippen molar-refractivity contribution in [2.45, 2.75) is 19.9 Å². The summed E-state index contributed by atoms with van der Waals surface area (Å²) in [6, 6.07) is 8.53. The molecule has 0 radical (unpaired) electrons. The Morgan fingerprint density at radius 3 is 2.65 bits per heavy atom. The van der Waals surface area contributed by atoms with Crippen molar-refractivity contribution < 1.29 is 4.74 Å². The zero-order valence-corrected chi connectivity index (χ0v) is 11.0. The second-order valence-electron chi connectivity index (χ2n) is 4.34. The van der Waals surface area contributed by atoms with Crippen LogP contribution in [0, 0.1) is 6.92 Å². The summed E-state index contributed by atoms with van der Waals surface area (Å²) in [6.07, 6.45) is 1.04. The first-order valence-electron chi connectivity index (χ1n) is 6.23. The van der Waals surface area contributed by atoms with E-state index in [2.05, 4.69) is 36.1 Å². The highest BCUT2D eigenvalue weighted by Crippen LogP contribution is 2.10. The summed E-state index contributed by atoms with van der Waals surface area (Å²) >= 11 is 0. The summed E-state index contributed by atoms with van der Waals surface area (Å²) in [4.78, 5) is 2.40. The first-order chi connectivity index (χ1) is 8.27. The van der Waals surface area contributed by atoms with E-state index < -0.39 is 0 Å². The van der Waals surface area contributed by atoms with Gasteiger partial charge in [0.1, 0.15) is 0 Å². The number of nitrogens with two attached hydrogens (primary N) is 1. The van der Waals surface area contributed by atoms with Gasteiger partial charge in [-0.25, -0.2) is 0 Å². The Bertz CT molecular complexity index is 307. The van der Waals surface area contributed by atoms with E-state index in [1.807, 2.05) is 0 Å². The lowest BCUT2D eigenvalue weighted by Crippen LogP contribution is -2.29. The van der Waals surface area contributed by atoms with Crippen molar-refractivity contribution in [1.82, 2.24) is 4.90 Å². The molecule has 0 aliphatic carbocycles. The number of rotatable bonds is 8. The quantitative estimate of drug-likeness (QED) is 0.748. The number of benzene rings is 1. The molecule has 0 unspecified atom stereocenters. The average molecular weight is 236 g/mol. The highest BCUT2D eigenvalue weighted by molar-refractivity contribution is 5.25. The van der Waals surface area contributed by atoms with Crippen LogP contribution in [0.5, 0.6) is 0 Å². The standard InChI is InChI=1S/C14H24N2O/c1-13-6-3-4-7-14(13)12-16(9-5-8-15)10-11-17-2/h3-4,6-7H,5,8-12,15H2,1-2H3. The van der Waals surface area contributed by atoms with E-state index in [-0.39, 0.29) is 0 Å². The third-order valence-corrected chi connectivity index (χ3v) is 2.95. The molecule has 0 heterocycles. The minimum Gasteiger partial charge on any atom is -0.383 e. The SMILES string of the molecule is COCCN(CCCN)Cc1ccccc1C. The van der Waals surface area contributed by atoms with Gasteiger partial charge in [0.15, 0.2) is 0 Å². The van der Waals surface area contributed by atoms with Crippen molar-refractivity contribution in [2.75, 3.05) is 33.4 Å². The number of ether oxygens (including phenoxy) is 1. The predicted octanol–water partition coefficient (Wildman–Crippen LogP) is 1.79. The summed E-state index contributed by atoms with van der Waals surface area (Å²) < 4.78 is 5.15. The number of aryl methyl sites for hydroxylation is 1. The van der Waals surface area contributed by atoms with Crippen LogP contribution < -0.4 is 5.73 Å². The van der Waals surface area contributed by atoms with E-state index in [0.717, 1.165) is 39.2 Å². The van der Waals surface area contributed by atoms with E-state index in [4.69, 9.17) is 10.5 Å². The number of hydrogen-bond acceptors (Lipinski definition) is 3. The van der Waals surface area contributed by atoms with Crippen LogP contribution in [0.4, 0.5) is 0 Å². The van der Waals surface area contributed by atoms with Gasteiger partial charge in [-0.3, -0.25) is 4.90 Å². The number of hydrogen-bond donors (Lipinski definition) is 1. The second-order valence-corrected chi connectivity index (χ2v) is 4.34. The van der Waals surface area contributed by atoms with Crippen molar-refractivity contribution in [3.05, 3.63) is 35.4 Å². The van der Waals surface area contributed by atoms with Gasteiger partial charge in [-0.15, -0.1) is 0 Å². The minimum atomic E-state index is 0.747. The lowest BCUT2D eigenvalue weighted by molar-refractivity contribution is 0.143. The molecule has 17 heavy (non-hydrogen) atoms. The molecule has 3 heteroatoms. The van der Waals surface area contributed by atoms with Crippen LogP contribution in [0.3, 0.4) is 0 Å². The molecule has 0 amide bonds. The van der Waals surface area contributed by atoms with Crippen molar-refractivity contribution in [3.8, 4) is 0 Å². The maximum atomic E-state index is 5.57. The Morgan fingerprint density at radius 2 is 2.00 bits per heavy atom. The van der Waals surface area contributed by atoms with Crippen molar-refractivity contribution >= 4 is 0 Å². The number of methoxy groups -OCH3 is 1. The smallest absolute Gasteiger partial charge is 0.0589 e. The fourth-order valence-corrected chi connectivity index (χ4v) is 1.83. The first-order valence-corrected chi connectivity index (χ1v) is 6.23. The minimum absolute atomic E-state index is 0.747. The van der Waals surface area contributed by atoms with E-state index in [1.165, 1.54) is 11.1 Å². The van der Waals surface area contributed by atoms with Crippen LogP contribution in [0.1, 0.15) is 17.5 Å². The summed E-state index contributed by atoms with van der Waals surface area (Å²) in [5.41, 5.74) is 8.31. The van der Waals surface area contributed by atoms with E-state index >= 15 is 0 Å². The molecule has 0 atom stereocenters. The molecule has 0 saturated heterocycles. The molecule has 0 saturated carbocycles. The van der Waals surface area contributed by atoms with Crippen molar-refractivity contribution in [1.29, 1.82) is 0 Å². The molecule has 0 bridgehead atoms. The molecule has 0 fully saturated rings. The molecule has 1 aromatic carbocycles. The molecular weight excluding hydrogens is 212 g/mol. The molecule has 3 nitrogen and oxygen atoms in total. The van der Waals surface area contributed by atoms with Gasteiger partial charge < -0.3 is 10.5 Å². The zero-order valence-electron chi connectivity index (χ0n) is 11.0. The fourth-order valence-electron chi connectivity index (χ4n) is 1.83. The van der Waals surface area contributed by atoms with Gasteiger partial charge in [-0.2, -0.15) is 0 Å². The van der Waals surface area contributed by atoms with E-state index in [9.17, 15) is 0 Å². The average Bonchev–Trinajstić information content (AvgIpc) is 2.35. The van der Waals surface area contributed by atoms with Gasteiger partial charge in [0.2, 0.25) is 0 Å². The Balaban J connectivity index is 2.55.